The second-order valence-corrected chi connectivity index (χ2v) is 9.58. The van der Waals surface area contributed by atoms with E-state index in [4.69, 9.17) is 14.2 Å². The van der Waals surface area contributed by atoms with Gasteiger partial charge >= 0.3 is 12.1 Å². The van der Waals surface area contributed by atoms with Crippen LogP contribution in [0.15, 0.2) is 28.9 Å². The highest BCUT2D eigenvalue weighted by molar-refractivity contribution is 9.10. The van der Waals surface area contributed by atoms with Crippen LogP contribution in [-0.2, 0) is 19.0 Å². The molecule has 0 N–H and O–H groups in total. The predicted molar refractivity (Wildman–Crippen MR) is 118 cm³/mol. The van der Waals surface area contributed by atoms with Crippen molar-refractivity contribution in [2.24, 2.45) is 29.6 Å². The average molecular weight is 493 g/mol. The van der Waals surface area contributed by atoms with Crippen LogP contribution < -0.4 is 0 Å². The number of hydrogen-bond acceptors (Lipinski definition) is 6. The molecule has 3 aliphatic rings. The number of methoxy groups -OCH3 is 1. The van der Waals surface area contributed by atoms with Gasteiger partial charge in [0, 0.05) is 36.8 Å². The van der Waals surface area contributed by atoms with E-state index in [2.05, 4.69) is 33.1 Å². The van der Waals surface area contributed by atoms with Crippen LogP contribution in [0.3, 0.4) is 0 Å². The zero-order valence-electron chi connectivity index (χ0n) is 17.9. The standard InChI is InChI=1S/C23H29BrN2O5/c1-14-21-19(6-5-17-4-3-16(24)12-25-17)18-7-8-26(23(28)30-10-9-29-2)13-15(18)11-20(21)22(27)31-14/h3-6,12,14-15,18-21H,7-11,13H2,1-2H3/t14-,15-,18-,19+,20-,21+/m1/s1. The van der Waals surface area contributed by atoms with E-state index in [-0.39, 0.29) is 48.4 Å². The molecule has 6 atom stereocenters. The Hall–Kier alpha value is -1.93. The SMILES string of the molecule is COCCOC(=O)N1CC[C@@H]2[C@H](C[C@H]3C(=O)O[C@H](C)[C@H]3[C@H]2C=Cc2ccc(Br)cn2)C1. The summed E-state index contributed by atoms with van der Waals surface area (Å²) < 4.78 is 16.8. The number of likely N-dealkylation sites (tertiary alicyclic amines) is 1. The number of amides is 1. The Labute approximate surface area is 191 Å². The van der Waals surface area contributed by atoms with E-state index < -0.39 is 0 Å². The first kappa shape index (κ1) is 22.3. The van der Waals surface area contributed by atoms with Crippen LogP contribution in [0, 0.1) is 29.6 Å². The third-order valence-corrected chi connectivity index (χ3v) is 7.38. The molecule has 0 bridgehead atoms. The number of esters is 1. The highest BCUT2D eigenvalue weighted by Gasteiger charge is 2.54. The van der Waals surface area contributed by atoms with Gasteiger partial charge in [-0.25, -0.2) is 4.79 Å². The molecular weight excluding hydrogens is 464 g/mol. The Morgan fingerprint density at radius 3 is 2.97 bits per heavy atom. The summed E-state index contributed by atoms with van der Waals surface area (Å²) in [5.74, 6) is 0.801. The number of carbonyl (C=O) groups is 2. The number of ether oxygens (including phenoxy) is 3. The largest absolute Gasteiger partial charge is 0.462 e. The molecule has 2 aliphatic heterocycles. The Morgan fingerprint density at radius 1 is 1.39 bits per heavy atom. The summed E-state index contributed by atoms with van der Waals surface area (Å²) in [7, 11) is 1.58. The number of rotatable bonds is 5. The van der Waals surface area contributed by atoms with Crippen molar-refractivity contribution in [3.05, 3.63) is 34.6 Å². The maximum atomic E-state index is 12.6. The summed E-state index contributed by atoms with van der Waals surface area (Å²) in [5, 5.41) is 0. The third-order valence-electron chi connectivity index (χ3n) is 6.91. The molecule has 3 heterocycles. The van der Waals surface area contributed by atoms with Crippen molar-refractivity contribution < 1.29 is 23.8 Å². The fourth-order valence-corrected chi connectivity index (χ4v) is 5.76. The second-order valence-electron chi connectivity index (χ2n) is 8.67. The molecule has 1 aromatic heterocycles. The van der Waals surface area contributed by atoms with Gasteiger partial charge in [-0.1, -0.05) is 6.08 Å². The molecule has 0 unspecified atom stereocenters. The van der Waals surface area contributed by atoms with Gasteiger partial charge in [-0.05, 0) is 71.7 Å². The molecule has 0 radical (unpaired) electrons. The Morgan fingerprint density at radius 2 is 2.23 bits per heavy atom. The molecule has 1 aromatic rings. The molecule has 168 valence electrons. The first-order valence-electron chi connectivity index (χ1n) is 10.9. The van der Waals surface area contributed by atoms with Crippen LogP contribution in [-0.4, -0.2) is 61.5 Å². The van der Waals surface area contributed by atoms with Crippen molar-refractivity contribution in [1.29, 1.82) is 0 Å². The molecule has 0 spiro atoms. The summed E-state index contributed by atoms with van der Waals surface area (Å²) in [4.78, 5) is 31.2. The Balaban J connectivity index is 1.52. The lowest BCUT2D eigenvalue weighted by Gasteiger charge is -2.48. The fourth-order valence-electron chi connectivity index (χ4n) is 5.52. The fraction of sp³-hybridized carbons (Fsp3) is 0.609. The Kier molecular flexibility index (Phi) is 6.96. The van der Waals surface area contributed by atoms with E-state index >= 15 is 0 Å². The van der Waals surface area contributed by atoms with E-state index in [0.717, 1.165) is 23.0 Å². The molecular formula is C23H29BrN2O5. The van der Waals surface area contributed by atoms with Crippen LogP contribution in [0.5, 0.6) is 0 Å². The maximum Gasteiger partial charge on any atom is 0.409 e. The normalized spacial score (nSPS) is 32.5. The van der Waals surface area contributed by atoms with E-state index in [1.807, 2.05) is 19.1 Å². The van der Waals surface area contributed by atoms with Crippen LogP contribution >= 0.6 is 15.9 Å². The smallest absolute Gasteiger partial charge is 0.409 e. The minimum atomic E-state index is -0.300. The van der Waals surface area contributed by atoms with Gasteiger partial charge < -0.3 is 19.1 Å². The maximum absolute atomic E-state index is 12.6. The van der Waals surface area contributed by atoms with Gasteiger partial charge in [0.15, 0.2) is 0 Å². The first-order chi connectivity index (χ1) is 15.0. The number of piperidine rings is 1. The van der Waals surface area contributed by atoms with E-state index in [9.17, 15) is 9.59 Å². The number of aromatic nitrogens is 1. The summed E-state index contributed by atoms with van der Waals surface area (Å²) in [6, 6.07) is 3.94. The number of pyridine rings is 1. The van der Waals surface area contributed by atoms with Gasteiger partial charge in [0.25, 0.3) is 0 Å². The van der Waals surface area contributed by atoms with Gasteiger partial charge in [-0.2, -0.15) is 0 Å². The molecule has 8 heteroatoms. The molecule has 1 saturated carbocycles. The predicted octanol–water partition coefficient (Wildman–Crippen LogP) is 3.78. The van der Waals surface area contributed by atoms with Crippen molar-refractivity contribution in [3.63, 3.8) is 0 Å². The minimum Gasteiger partial charge on any atom is -0.462 e. The molecule has 1 aliphatic carbocycles. The van der Waals surface area contributed by atoms with E-state index in [0.29, 0.717) is 25.6 Å². The number of allylic oxidation sites excluding steroid dienone is 1. The van der Waals surface area contributed by atoms with Crippen molar-refractivity contribution >= 4 is 34.1 Å². The lowest BCUT2D eigenvalue weighted by atomic mass is 9.59. The van der Waals surface area contributed by atoms with Gasteiger partial charge in [0.1, 0.15) is 12.7 Å². The van der Waals surface area contributed by atoms with Crippen LogP contribution in [0.25, 0.3) is 6.08 Å². The number of carbonyl (C=O) groups excluding carboxylic acids is 2. The number of halogens is 1. The van der Waals surface area contributed by atoms with Crippen molar-refractivity contribution in [2.45, 2.75) is 25.9 Å². The summed E-state index contributed by atoms with van der Waals surface area (Å²) >= 11 is 3.42. The first-order valence-corrected chi connectivity index (χ1v) is 11.7. The van der Waals surface area contributed by atoms with Crippen LogP contribution in [0.1, 0.15) is 25.5 Å². The molecule has 31 heavy (non-hydrogen) atoms. The van der Waals surface area contributed by atoms with Crippen molar-refractivity contribution in [3.8, 4) is 0 Å². The average Bonchev–Trinajstić information content (AvgIpc) is 3.05. The third kappa shape index (κ3) is 4.80. The number of fused-ring (bicyclic) bond motifs is 2. The summed E-state index contributed by atoms with van der Waals surface area (Å²) in [5.41, 5.74) is 0.888. The highest BCUT2D eigenvalue weighted by Crippen LogP contribution is 2.51. The van der Waals surface area contributed by atoms with Gasteiger partial charge in [-0.15, -0.1) is 0 Å². The van der Waals surface area contributed by atoms with Crippen molar-refractivity contribution in [1.82, 2.24) is 9.88 Å². The summed E-state index contributed by atoms with van der Waals surface area (Å²) in [6.45, 7) is 3.91. The van der Waals surface area contributed by atoms with Gasteiger partial charge in [0.05, 0.1) is 18.2 Å². The van der Waals surface area contributed by atoms with Gasteiger partial charge in [0.2, 0.25) is 0 Å². The second kappa shape index (κ2) is 9.69. The molecule has 4 rings (SSSR count). The lowest BCUT2D eigenvalue weighted by Crippen LogP contribution is -2.51. The zero-order valence-corrected chi connectivity index (χ0v) is 19.5. The van der Waals surface area contributed by atoms with Crippen LogP contribution in [0.2, 0.25) is 0 Å². The summed E-state index contributed by atoms with van der Waals surface area (Å²) in [6.07, 6.45) is 7.31. The van der Waals surface area contributed by atoms with Gasteiger partial charge in [-0.3, -0.25) is 9.78 Å². The minimum absolute atomic E-state index is 0.0944. The monoisotopic (exact) mass is 492 g/mol. The molecule has 2 saturated heterocycles. The number of cyclic esters (lactones) is 1. The van der Waals surface area contributed by atoms with Crippen LogP contribution in [0.4, 0.5) is 4.79 Å². The molecule has 7 nitrogen and oxygen atoms in total. The topological polar surface area (TPSA) is 78.0 Å². The van der Waals surface area contributed by atoms with Crippen molar-refractivity contribution in [2.75, 3.05) is 33.4 Å². The van der Waals surface area contributed by atoms with E-state index in [1.165, 1.54) is 0 Å². The number of hydrogen-bond donors (Lipinski definition) is 0. The lowest BCUT2D eigenvalue weighted by molar-refractivity contribution is -0.144. The Bertz CT molecular complexity index is 830. The zero-order chi connectivity index (χ0) is 22.0. The van der Waals surface area contributed by atoms with E-state index in [1.54, 1.807) is 18.2 Å². The molecule has 0 aromatic carbocycles. The molecule has 3 fully saturated rings. The quantitative estimate of drug-likeness (QED) is 0.459. The number of nitrogens with zero attached hydrogens (tertiary/aromatic N) is 2. The molecule has 1 amide bonds. The highest BCUT2D eigenvalue weighted by atomic mass is 79.9.